The maximum atomic E-state index is 13.9. The quantitative estimate of drug-likeness (QED) is 0.814. The van der Waals surface area contributed by atoms with Crippen LogP contribution in [0.5, 0.6) is 0 Å². The second-order valence-corrected chi connectivity index (χ2v) is 8.65. The van der Waals surface area contributed by atoms with E-state index in [1.165, 1.54) is 16.4 Å². The highest BCUT2D eigenvalue weighted by Crippen LogP contribution is 2.25. The molecule has 2 aromatic carbocycles. The smallest absolute Gasteiger partial charge is 0.243 e. The van der Waals surface area contributed by atoms with Gasteiger partial charge in [-0.05, 0) is 35.7 Å². The predicted octanol–water partition coefficient (Wildman–Crippen LogP) is 3.60. The maximum Gasteiger partial charge on any atom is 0.243 e. The Bertz CT molecular complexity index is 875. The second-order valence-electron chi connectivity index (χ2n) is 6.71. The van der Waals surface area contributed by atoms with Gasteiger partial charge in [-0.15, -0.1) is 0 Å². The van der Waals surface area contributed by atoms with Gasteiger partial charge in [0.15, 0.2) is 0 Å². The van der Waals surface area contributed by atoms with Crippen LogP contribution >= 0.6 is 0 Å². The van der Waals surface area contributed by atoms with Crippen LogP contribution < -0.4 is 4.90 Å². The lowest BCUT2D eigenvalue weighted by Gasteiger charge is -2.35. The minimum absolute atomic E-state index is 0.255. The Hall–Kier alpha value is -1.99. The van der Waals surface area contributed by atoms with Gasteiger partial charge in [0, 0.05) is 32.2 Å². The summed E-state index contributed by atoms with van der Waals surface area (Å²) in [4.78, 5) is 2.01. The topological polar surface area (TPSA) is 40.6 Å². The summed E-state index contributed by atoms with van der Waals surface area (Å²) in [7, 11) is -3.57. The van der Waals surface area contributed by atoms with E-state index in [2.05, 4.69) is 13.8 Å². The average Bonchev–Trinajstić information content (AvgIpc) is 2.62. The first-order valence-electron chi connectivity index (χ1n) is 8.59. The van der Waals surface area contributed by atoms with Crippen LogP contribution in [0.2, 0.25) is 0 Å². The van der Waals surface area contributed by atoms with Gasteiger partial charge in [-0.2, -0.15) is 4.31 Å². The first-order chi connectivity index (χ1) is 12.3. The van der Waals surface area contributed by atoms with Crippen molar-refractivity contribution in [3.05, 3.63) is 59.7 Å². The monoisotopic (exact) mass is 380 g/mol. The molecule has 1 saturated heterocycles. The van der Waals surface area contributed by atoms with E-state index in [1.54, 1.807) is 17.0 Å². The molecule has 0 spiro atoms. The SMILES string of the molecule is CC(C)c1ccc(S(=O)(=O)N2CCN(c3ccc(F)cc3F)CC2)cc1. The summed E-state index contributed by atoms with van der Waals surface area (Å²) in [5.41, 5.74) is 1.38. The fraction of sp³-hybridized carbons (Fsp3) is 0.368. The van der Waals surface area contributed by atoms with Crippen LogP contribution in [0, 0.1) is 11.6 Å². The molecule has 0 radical (unpaired) electrons. The highest BCUT2D eigenvalue weighted by molar-refractivity contribution is 7.89. The standard InChI is InChI=1S/C19H22F2N2O2S/c1-14(2)15-3-6-17(7-4-15)26(24,25)23-11-9-22(10-12-23)19-8-5-16(20)13-18(19)21/h3-8,13-14H,9-12H2,1-2H3. The summed E-state index contributed by atoms with van der Waals surface area (Å²) < 4.78 is 54.0. The van der Waals surface area contributed by atoms with Crippen molar-refractivity contribution in [2.75, 3.05) is 31.1 Å². The zero-order valence-electron chi connectivity index (χ0n) is 14.8. The third-order valence-electron chi connectivity index (χ3n) is 4.67. The Morgan fingerprint density at radius 2 is 1.54 bits per heavy atom. The molecule has 0 aliphatic carbocycles. The molecule has 1 aliphatic heterocycles. The molecule has 0 saturated carbocycles. The lowest BCUT2D eigenvalue weighted by molar-refractivity contribution is 0.383. The average molecular weight is 380 g/mol. The molecule has 0 aromatic heterocycles. The van der Waals surface area contributed by atoms with Gasteiger partial charge in [0.2, 0.25) is 10.0 Å². The number of hydrogen-bond acceptors (Lipinski definition) is 3. The van der Waals surface area contributed by atoms with Crippen molar-refractivity contribution in [2.24, 2.45) is 0 Å². The summed E-state index contributed by atoms with van der Waals surface area (Å²) in [6.45, 7) is 5.32. The van der Waals surface area contributed by atoms with Crippen molar-refractivity contribution in [3.63, 3.8) is 0 Å². The van der Waals surface area contributed by atoms with Crippen molar-refractivity contribution >= 4 is 15.7 Å². The van der Waals surface area contributed by atoms with Crippen LogP contribution in [0.4, 0.5) is 14.5 Å². The number of anilines is 1. The molecule has 3 rings (SSSR count). The summed E-state index contributed by atoms with van der Waals surface area (Å²) in [6.07, 6.45) is 0. The fourth-order valence-corrected chi connectivity index (χ4v) is 4.50. The van der Waals surface area contributed by atoms with Crippen LogP contribution in [0.15, 0.2) is 47.4 Å². The van der Waals surface area contributed by atoms with Gasteiger partial charge in [-0.1, -0.05) is 26.0 Å². The van der Waals surface area contributed by atoms with Crippen molar-refractivity contribution in [3.8, 4) is 0 Å². The van der Waals surface area contributed by atoms with E-state index < -0.39 is 21.7 Å². The van der Waals surface area contributed by atoms with Crippen molar-refractivity contribution in [1.29, 1.82) is 0 Å². The van der Waals surface area contributed by atoms with E-state index in [9.17, 15) is 17.2 Å². The van der Waals surface area contributed by atoms with Crippen LogP contribution in [0.3, 0.4) is 0 Å². The van der Waals surface area contributed by atoms with Gasteiger partial charge in [-0.3, -0.25) is 0 Å². The molecular weight excluding hydrogens is 358 g/mol. The highest BCUT2D eigenvalue weighted by atomic mass is 32.2. The van der Waals surface area contributed by atoms with Gasteiger partial charge in [-0.25, -0.2) is 17.2 Å². The number of benzene rings is 2. The molecule has 4 nitrogen and oxygen atoms in total. The summed E-state index contributed by atoms with van der Waals surface area (Å²) in [5, 5.41) is 0. The number of sulfonamides is 1. The molecule has 26 heavy (non-hydrogen) atoms. The molecule has 0 unspecified atom stereocenters. The summed E-state index contributed by atoms with van der Waals surface area (Å²) in [5.74, 6) is -0.927. The molecule has 0 amide bonds. The predicted molar refractivity (Wildman–Crippen MR) is 97.9 cm³/mol. The van der Waals surface area contributed by atoms with E-state index in [-0.39, 0.29) is 18.0 Å². The number of hydrogen-bond donors (Lipinski definition) is 0. The van der Waals surface area contributed by atoms with Crippen molar-refractivity contribution < 1.29 is 17.2 Å². The molecule has 1 fully saturated rings. The number of halogens is 2. The molecule has 0 atom stereocenters. The minimum Gasteiger partial charge on any atom is -0.367 e. The number of nitrogens with zero attached hydrogens (tertiary/aromatic N) is 2. The molecule has 1 aliphatic rings. The van der Waals surface area contributed by atoms with Gasteiger partial charge >= 0.3 is 0 Å². The number of rotatable bonds is 4. The minimum atomic E-state index is -3.57. The first-order valence-corrected chi connectivity index (χ1v) is 10.0. The van der Waals surface area contributed by atoms with Gasteiger partial charge in [0.25, 0.3) is 0 Å². The molecule has 140 valence electrons. The van der Waals surface area contributed by atoms with Crippen molar-refractivity contribution in [1.82, 2.24) is 4.31 Å². The number of piperazine rings is 1. The normalized spacial score (nSPS) is 16.3. The third-order valence-corrected chi connectivity index (χ3v) is 6.59. The summed E-state index contributed by atoms with van der Waals surface area (Å²) in [6, 6.07) is 10.4. The van der Waals surface area contributed by atoms with E-state index in [0.717, 1.165) is 11.6 Å². The van der Waals surface area contributed by atoms with Crippen LogP contribution in [0.1, 0.15) is 25.3 Å². The Morgan fingerprint density at radius 1 is 0.923 bits per heavy atom. The zero-order chi connectivity index (χ0) is 18.9. The fourth-order valence-electron chi connectivity index (χ4n) is 3.08. The lowest BCUT2D eigenvalue weighted by Crippen LogP contribution is -2.48. The molecule has 7 heteroatoms. The second kappa shape index (κ2) is 7.32. The molecule has 0 bridgehead atoms. The van der Waals surface area contributed by atoms with Gasteiger partial charge in [0.05, 0.1) is 10.6 Å². The van der Waals surface area contributed by atoms with Crippen molar-refractivity contribution in [2.45, 2.75) is 24.7 Å². The van der Waals surface area contributed by atoms with Gasteiger partial charge < -0.3 is 4.90 Å². The molecule has 2 aromatic rings. The molecule has 0 N–H and O–H groups in total. The summed E-state index contributed by atoms with van der Waals surface area (Å²) >= 11 is 0. The Balaban J connectivity index is 1.72. The van der Waals surface area contributed by atoms with E-state index in [0.29, 0.717) is 24.7 Å². The van der Waals surface area contributed by atoms with Gasteiger partial charge in [0.1, 0.15) is 11.6 Å². The van der Waals surface area contributed by atoms with E-state index >= 15 is 0 Å². The molecule has 1 heterocycles. The maximum absolute atomic E-state index is 13.9. The Labute approximate surface area is 153 Å². The first kappa shape index (κ1) is 18.8. The van der Waals surface area contributed by atoms with Crippen LogP contribution in [-0.4, -0.2) is 38.9 Å². The molecular formula is C19H22F2N2O2S. The largest absolute Gasteiger partial charge is 0.367 e. The highest BCUT2D eigenvalue weighted by Gasteiger charge is 2.29. The van der Waals surface area contributed by atoms with Crippen LogP contribution in [0.25, 0.3) is 0 Å². The van der Waals surface area contributed by atoms with E-state index in [4.69, 9.17) is 0 Å². The Morgan fingerprint density at radius 3 is 2.08 bits per heavy atom. The zero-order valence-corrected chi connectivity index (χ0v) is 15.6. The third kappa shape index (κ3) is 3.73. The lowest BCUT2D eigenvalue weighted by atomic mass is 10.0. The van der Waals surface area contributed by atoms with Crippen LogP contribution in [-0.2, 0) is 10.0 Å². The van der Waals surface area contributed by atoms with E-state index in [1.807, 2.05) is 12.1 Å². The Kier molecular flexibility index (Phi) is 5.29.